The van der Waals surface area contributed by atoms with Gasteiger partial charge in [0.1, 0.15) is 17.8 Å². The molecule has 0 amide bonds. The highest BCUT2D eigenvalue weighted by Gasteiger charge is 2.55. The van der Waals surface area contributed by atoms with Crippen LogP contribution in [0.15, 0.2) is 30.3 Å². The number of ether oxygens (including phenoxy) is 3. The van der Waals surface area contributed by atoms with E-state index in [0.717, 1.165) is 12.0 Å². The molecule has 4 heteroatoms. The summed E-state index contributed by atoms with van der Waals surface area (Å²) < 4.78 is 17.5. The van der Waals surface area contributed by atoms with E-state index in [4.69, 9.17) is 14.2 Å². The van der Waals surface area contributed by atoms with Gasteiger partial charge in [0.15, 0.2) is 6.29 Å². The second kappa shape index (κ2) is 4.63. The minimum atomic E-state index is -0.603. The molecule has 0 aliphatic carbocycles. The molecule has 2 aliphatic heterocycles. The molecule has 1 aromatic rings. The average Bonchev–Trinajstić information content (AvgIpc) is 2.99. The van der Waals surface area contributed by atoms with Crippen LogP contribution in [0.25, 0.3) is 0 Å². The molecule has 2 saturated heterocycles. The second-order valence-electron chi connectivity index (χ2n) is 4.86. The van der Waals surface area contributed by atoms with E-state index in [0.29, 0.717) is 6.61 Å². The van der Waals surface area contributed by atoms with Crippen LogP contribution in [0.3, 0.4) is 0 Å². The number of aliphatic hydroxyl groups excluding tert-OH is 1. The predicted molar refractivity (Wildman–Crippen MR) is 65.0 cm³/mol. The van der Waals surface area contributed by atoms with Crippen molar-refractivity contribution in [1.82, 2.24) is 0 Å². The van der Waals surface area contributed by atoms with Crippen molar-refractivity contribution in [3.05, 3.63) is 35.9 Å². The fraction of sp³-hybridized carbons (Fsp3) is 0.571. The van der Waals surface area contributed by atoms with E-state index >= 15 is 0 Å². The largest absolute Gasteiger partial charge is 0.393 e. The number of hydrogen-bond acceptors (Lipinski definition) is 4. The zero-order chi connectivity index (χ0) is 12.6. The van der Waals surface area contributed by atoms with Crippen LogP contribution in [-0.4, -0.2) is 36.1 Å². The van der Waals surface area contributed by atoms with Crippen LogP contribution in [0.4, 0.5) is 0 Å². The Labute approximate surface area is 106 Å². The standard InChI is InChI=1S/C14H18O4/c1-2-14(9-15)12-11(8-16-14)17-13(18-12)10-6-4-3-5-7-10/h3-7,11-13,15H,2,8-9H2,1H3. The summed E-state index contributed by atoms with van der Waals surface area (Å²) in [7, 11) is 0. The molecule has 2 fully saturated rings. The molecule has 0 radical (unpaired) electrons. The van der Waals surface area contributed by atoms with Crippen molar-refractivity contribution in [2.45, 2.75) is 37.4 Å². The van der Waals surface area contributed by atoms with Gasteiger partial charge in [-0.05, 0) is 6.42 Å². The Hall–Kier alpha value is -0.940. The van der Waals surface area contributed by atoms with E-state index in [9.17, 15) is 5.11 Å². The Kier molecular flexibility index (Phi) is 3.11. The Morgan fingerprint density at radius 1 is 1.28 bits per heavy atom. The summed E-state index contributed by atoms with van der Waals surface area (Å²) in [5.74, 6) is 0. The highest BCUT2D eigenvalue weighted by atomic mass is 16.8. The molecule has 2 aliphatic rings. The molecule has 1 aromatic carbocycles. The molecular formula is C14H18O4. The number of aliphatic hydroxyl groups is 1. The van der Waals surface area contributed by atoms with Crippen LogP contribution >= 0.6 is 0 Å². The smallest absolute Gasteiger partial charge is 0.184 e. The lowest BCUT2D eigenvalue weighted by Gasteiger charge is -2.29. The fourth-order valence-corrected chi connectivity index (χ4v) is 2.72. The molecule has 0 aromatic heterocycles. The summed E-state index contributed by atoms with van der Waals surface area (Å²) in [6.45, 7) is 2.45. The summed E-state index contributed by atoms with van der Waals surface area (Å²) in [6.07, 6.45) is 0.109. The Bertz CT molecular complexity index is 402. The molecule has 1 N–H and O–H groups in total. The minimum absolute atomic E-state index is 0.0322. The Morgan fingerprint density at radius 2 is 2.06 bits per heavy atom. The van der Waals surface area contributed by atoms with Gasteiger partial charge in [0, 0.05) is 5.56 Å². The molecule has 3 rings (SSSR count). The first-order valence-electron chi connectivity index (χ1n) is 6.40. The number of benzene rings is 1. The Morgan fingerprint density at radius 3 is 2.72 bits per heavy atom. The fourth-order valence-electron chi connectivity index (χ4n) is 2.72. The molecular weight excluding hydrogens is 232 g/mol. The van der Waals surface area contributed by atoms with Crippen molar-refractivity contribution in [2.24, 2.45) is 0 Å². The first-order valence-corrected chi connectivity index (χ1v) is 6.40. The summed E-state index contributed by atoms with van der Waals surface area (Å²) in [4.78, 5) is 0. The highest BCUT2D eigenvalue weighted by Crippen LogP contribution is 2.43. The van der Waals surface area contributed by atoms with Crippen LogP contribution in [0, 0.1) is 0 Å². The molecule has 18 heavy (non-hydrogen) atoms. The van der Waals surface area contributed by atoms with Gasteiger partial charge in [0.2, 0.25) is 0 Å². The first kappa shape index (κ1) is 12.1. The average molecular weight is 250 g/mol. The lowest BCUT2D eigenvalue weighted by atomic mass is 9.94. The third-order valence-corrected chi connectivity index (χ3v) is 3.90. The lowest BCUT2D eigenvalue weighted by molar-refractivity contribution is -0.159. The molecule has 0 bridgehead atoms. The molecule has 4 atom stereocenters. The van der Waals surface area contributed by atoms with Gasteiger partial charge in [0.25, 0.3) is 0 Å². The van der Waals surface area contributed by atoms with Crippen molar-refractivity contribution >= 4 is 0 Å². The number of hydrogen-bond donors (Lipinski definition) is 1. The zero-order valence-corrected chi connectivity index (χ0v) is 10.4. The number of rotatable bonds is 3. The summed E-state index contributed by atoms with van der Waals surface area (Å²) in [5, 5.41) is 9.56. The number of fused-ring (bicyclic) bond motifs is 1. The first-order chi connectivity index (χ1) is 8.79. The van der Waals surface area contributed by atoms with Crippen molar-refractivity contribution in [3.63, 3.8) is 0 Å². The maximum absolute atomic E-state index is 9.56. The predicted octanol–water partition coefficient (Wildman–Crippen LogP) is 1.64. The summed E-state index contributed by atoms with van der Waals surface area (Å²) in [6, 6.07) is 9.86. The van der Waals surface area contributed by atoms with Crippen molar-refractivity contribution < 1.29 is 19.3 Å². The van der Waals surface area contributed by atoms with E-state index in [1.807, 2.05) is 37.3 Å². The van der Waals surface area contributed by atoms with Gasteiger partial charge in [-0.3, -0.25) is 0 Å². The van der Waals surface area contributed by atoms with E-state index in [1.165, 1.54) is 0 Å². The molecule has 0 saturated carbocycles. The van der Waals surface area contributed by atoms with Crippen LogP contribution < -0.4 is 0 Å². The van der Waals surface area contributed by atoms with E-state index in [1.54, 1.807) is 0 Å². The van der Waals surface area contributed by atoms with E-state index in [-0.39, 0.29) is 25.1 Å². The van der Waals surface area contributed by atoms with Crippen molar-refractivity contribution in [3.8, 4) is 0 Å². The Balaban J connectivity index is 1.80. The van der Waals surface area contributed by atoms with Crippen LogP contribution in [0.5, 0.6) is 0 Å². The van der Waals surface area contributed by atoms with Crippen LogP contribution in [-0.2, 0) is 14.2 Å². The van der Waals surface area contributed by atoms with Gasteiger partial charge >= 0.3 is 0 Å². The lowest BCUT2D eigenvalue weighted by Crippen LogP contribution is -2.45. The maximum atomic E-state index is 9.56. The van der Waals surface area contributed by atoms with Crippen molar-refractivity contribution in [2.75, 3.05) is 13.2 Å². The molecule has 0 spiro atoms. The normalized spacial score (nSPS) is 38.9. The van der Waals surface area contributed by atoms with Gasteiger partial charge in [-0.1, -0.05) is 37.3 Å². The topological polar surface area (TPSA) is 47.9 Å². The summed E-state index contributed by atoms with van der Waals surface area (Å²) >= 11 is 0. The van der Waals surface area contributed by atoms with E-state index < -0.39 is 5.60 Å². The van der Waals surface area contributed by atoms with Crippen LogP contribution in [0.2, 0.25) is 0 Å². The van der Waals surface area contributed by atoms with Gasteiger partial charge in [0.05, 0.1) is 13.2 Å². The molecule has 2 heterocycles. The monoisotopic (exact) mass is 250 g/mol. The molecule has 98 valence electrons. The van der Waals surface area contributed by atoms with Gasteiger partial charge in [-0.15, -0.1) is 0 Å². The van der Waals surface area contributed by atoms with E-state index in [2.05, 4.69) is 0 Å². The van der Waals surface area contributed by atoms with Crippen molar-refractivity contribution in [1.29, 1.82) is 0 Å². The third kappa shape index (κ3) is 1.77. The van der Waals surface area contributed by atoms with Gasteiger partial charge in [-0.25, -0.2) is 0 Å². The SMILES string of the molecule is CCC1(CO)OCC2OC(c3ccccc3)OC21. The molecule has 4 unspecified atom stereocenters. The third-order valence-electron chi connectivity index (χ3n) is 3.90. The quantitative estimate of drug-likeness (QED) is 0.886. The van der Waals surface area contributed by atoms with Gasteiger partial charge in [-0.2, -0.15) is 0 Å². The van der Waals surface area contributed by atoms with Crippen LogP contribution in [0.1, 0.15) is 25.2 Å². The maximum Gasteiger partial charge on any atom is 0.184 e. The van der Waals surface area contributed by atoms with Gasteiger partial charge < -0.3 is 19.3 Å². The highest BCUT2D eigenvalue weighted by molar-refractivity contribution is 5.17. The summed E-state index contributed by atoms with van der Waals surface area (Å²) in [5.41, 5.74) is 0.406. The zero-order valence-electron chi connectivity index (χ0n) is 10.4. The second-order valence-corrected chi connectivity index (χ2v) is 4.86. The minimum Gasteiger partial charge on any atom is -0.393 e. The molecule has 4 nitrogen and oxygen atoms in total.